The van der Waals surface area contributed by atoms with E-state index >= 15 is 0 Å². The number of aryl methyl sites for hydroxylation is 1. The van der Waals surface area contributed by atoms with Crippen molar-refractivity contribution in [3.63, 3.8) is 0 Å². The van der Waals surface area contributed by atoms with E-state index in [-0.39, 0.29) is 17.7 Å². The van der Waals surface area contributed by atoms with Crippen molar-refractivity contribution >= 4 is 23.2 Å². The zero-order valence-corrected chi connectivity index (χ0v) is 14.9. The van der Waals surface area contributed by atoms with E-state index < -0.39 is 0 Å². The fourth-order valence-electron chi connectivity index (χ4n) is 2.55. The van der Waals surface area contributed by atoms with Crippen LogP contribution in [-0.2, 0) is 16.0 Å². The molecule has 2 N–H and O–H groups in total. The molecule has 1 saturated carbocycles. The first-order chi connectivity index (χ1) is 12.6. The quantitative estimate of drug-likeness (QED) is 0.593. The van der Waals surface area contributed by atoms with Gasteiger partial charge in [-0.15, -0.1) is 0 Å². The number of nitrogens with zero attached hydrogens (tertiary/aromatic N) is 1. The van der Waals surface area contributed by atoms with E-state index in [1.807, 2.05) is 61.5 Å². The zero-order valence-electron chi connectivity index (χ0n) is 14.9. The number of nitrogens with one attached hydrogen (secondary N) is 2. The highest BCUT2D eigenvalue weighted by atomic mass is 16.2. The minimum Gasteiger partial charge on any atom is -0.326 e. The average molecular weight is 349 g/mol. The second kappa shape index (κ2) is 8.43. The highest BCUT2D eigenvalue weighted by molar-refractivity contribution is 6.00. The van der Waals surface area contributed by atoms with Crippen LogP contribution in [0.3, 0.4) is 0 Å². The SMILES string of the molecule is C/C(=N/NC(=O)CCc1ccccc1)c1ccc(NC(=O)C2CC2)cc1. The van der Waals surface area contributed by atoms with Gasteiger partial charge < -0.3 is 5.32 Å². The van der Waals surface area contributed by atoms with Crippen LogP contribution in [0.4, 0.5) is 5.69 Å². The van der Waals surface area contributed by atoms with Crippen LogP contribution < -0.4 is 10.7 Å². The summed E-state index contributed by atoms with van der Waals surface area (Å²) in [7, 11) is 0. The lowest BCUT2D eigenvalue weighted by atomic mass is 10.1. The Morgan fingerprint density at radius 3 is 2.38 bits per heavy atom. The fourth-order valence-corrected chi connectivity index (χ4v) is 2.55. The van der Waals surface area contributed by atoms with Crippen molar-refractivity contribution in [2.24, 2.45) is 11.0 Å². The summed E-state index contributed by atoms with van der Waals surface area (Å²) in [6.07, 6.45) is 3.06. The molecule has 2 amide bonds. The normalized spacial score (nSPS) is 14.0. The van der Waals surface area contributed by atoms with Crippen molar-refractivity contribution in [1.29, 1.82) is 0 Å². The van der Waals surface area contributed by atoms with Crippen LogP contribution in [0.2, 0.25) is 0 Å². The second-order valence-corrected chi connectivity index (χ2v) is 6.56. The second-order valence-electron chi connectivity index (χ2n) is 6.56. The molecule has 2 aromatic carbocycles. The lowest BCUT2D eigenvalue weighted by molar-refractivity contribution is -0.121. The molecular formula is C21H23N3O2. The number of carbonyl (C=O) groups is 2. The van der Waals surface area contributed by atoms with Crippen molar-refractivity contribution in [3.8, 4) is 0 Å². The number of hydrazone groups is 1. The molecule has 0 aliphatic heterocycles. The monoisotopic (exact) mass is 349 g/mol. The predicted octanol–water partition coefficient (Wildman–Crippen LogP) is 3.51. The minimum absolute atomic E-state index is 0.0915. The average Bonchev–Trinajstić information content (AvgIpc) is 3.51. The largest absolute Gasteiger partial charge is 0.326 e. The highest BCUT2D eigenvalue weighted by Crippen LogP contribution is 2.30. The number of anilines is 1. The molecular weight excluding hydrogens is 326 g/mol. The number of rotatable bonds is 7. The molecule has 3 rings (SSSR count). The fraction of sp³-hybridized carbons (Fsp3) is 0.286. The van der Waals surface area contributed by atoms with E-state index in [9.17, 15) is 9.59 Å². The van der Waals surface area contributed by atoms with E-state index in [2.05, 4.69) is 15.8 Å². The van der Waals surface area contributed by atoms with Crippen LogP contribution in [0.5, 0.6) is 0 Å². The van der Waals surface area contributed by atoms with Gasteiger partial charge >= 0.3 is 0 Å². The van der Waals surface area contributed by atoms with Gasteiger partial charge in [0, 0.05) is 18.0 Å². The van der Waals surface area contributed by atoms with Gasteiger partial charge in [-0.1, -0.05) is 42.5 Å². The van der Waals surface area contributed by atoms with Gasteiger partial charge in [-0.05, 0) is 49.4 Å². The molecule has 0 atom stereocenters. The van der Waals surface area contributed by atoms with Crippen molar-refractivity contribution in [2.45, 2.75) is 32.6 Å². The molecule has 5 nitrogen and oxygen atoms in total. The number of benzene rings is 2. The third-order valence-electron chi connectivity index (χ3n) is 4.35. The molecule has 0 bridgehead atoms. The van der Waals surface area contributed by atoms with E-state index in [4.69, 9.17) is 0 Å². The van der Waals surface area contributed by atoms with Gasteiger partial charge in [0.25, 0.3) is 0 Å². The standard InChI is InChI=1S/C21H23N3O2/c1-15(23-24-20(25)14-7-16-5-3-2-4-6-16)17-10-12-19(13-11-17)22-21(26)18-8-9-18/h2-6,10-13,18H,7-9,14H2,1H3,(H,22,26)(H,24,25)/b23-15-. The Hall–Kier alpha value is -2.95. The molecule has 0 unspecified atom stereocenters. The Morgan fingerprint density at radius 2 is 1.73 bits per heavy atom. The first kappa shape index (κ1) is 17.9. The van der Waals surface area contributed by atoms with Gasteiger partial charge in [0.1, 0.15) is 0 Å². The molecule has 0 spiro atoms. The molecule has 1 aliphatic carbocycles. The minimum atomic E-state index is -0.110. The molecule has 134 valence electrons. The molecule has 1 fully saturated rings. The van der Waals surface area contributed by atoms with Gasteiger partial charge in [-0.25, -0.2) is 5.43 Å². The summed E-state index contributed by atoms with van der Waals surface area (Å²) < 4.78 is 0. The number of amides is 2. The summed E-state index contributed by atoms with van der Waals surface area (Å²) in [5, 5.41) is 7.07. The summed E-state index contributed by atoms with van der Waals surface area (Å²) in [4.78, 5) is 23.7. The molecule has 26 heavy (non-hydrogen) atoms. The van der Waals surface area contributed by atoms with Crippen LogP contribution >= 0.6 is 0 Å². The molecule has 0 heterocycles. The highest BCUT2D eigenvalue weighted by Gasteiger charge is 2.29. The Morgan fingerprint density at radius 1 is 1.04 bits per heavy atom. The van der Waals surface area contributed by atoms with Crippen molar-refractivity contribution in [2.75, 3.05) is 5.32 Å². The lowest BCUT2D eigenvalue weighted by Crippen LogP contribution is -2.19. The molecule has 0 aromatic heterocycles. The molecule has 1 aliphatic rings. The Kier molecular flexibility index (Phi) is 5.79. The summed E-state index contributed by atoms with van der Waals surface area (Å²) in [5.74, 6) is 0.166. The van der Waals surface area contributed by atoms with E-state index in [1.165, 1.54) is 0 Å². The Bertz CT molecular complexity index is 794. The number of hydrogen-bond donors (Lipinski definition) is 2. The maximum absolute atomic E-state index is 11.9. The van der Waals surface area contributed by atoms with Gasteiger partial charge in [0.15, 0.2) is 0 Å². The molecule has 0 saturated heterocycles. The smallest absolute Gasteiger partial charge is 0.240 e. The Balaban J connectivity index is 1.48. The van der Waals surface area contributed by atoms with E-state index in [0.29, 0.717) is 12.8 Å². The Labute approximate surface area is 153 Å². The summed E-state index contributed by atoms with van der Waals surface area (Å²) >= 11 is 0. The molecule has 2 aromatic rings. The van der Waals surface area contributed by atoms with E-state index in [0.717, 1.165) is 35.4 Å². The van der Waals surface area contributed by atoms with Crippen LogP contribution in [0.15, 0.2) is 59.7 Å². The number of hydrogen-bond acceptors (Lipinski definition) is 3. The van der Waals surface area contributed by atoms with Crippen LogP contribution in [0.25, 0.3) is 0 Å². The molecule has 0 radical (unpaired) electrons. The topological polar surface area (TPSA) is 70.6 Å². The van der Waals surface area contributed by atoms with Crippen LogP contribution in [0, 0.1) is 5.92 Å². The van der Waals surface area contributed by atoms with Crippen LogP contribution in [0.1, 0.15) is 37.3 Å². The summed E-state index contributed by atoms with van der Waals surface area (Å²) in [6.45, 7) is 1.84. The predicted molar refractivity (Wildman–Crippen MR) is 103 cm³/mol. The van der Waals surface area contributed by atoms with E-state index in [1.54, 1.807) is 0 Å². The zero-order chi connectivity index (χ0) is 18.4. The van der Waals surface area contributed by atoms with Crippen molar-refractivity contribution in [1.82, 2.24) is 5.43 Å². The van der Waals surface area contributed by atoms with Gasteiger partial charge in [-0.3, -0.25) is 9.59 Å². The van der Waals surface area contributed by atoms with Crippen molar-refractivity contribution in [3.05, 3.63) is 65.7 Å². The van der Waals surface area contributed by atoms with Gasteiger partial charge in [0.05, 0.1) is 5.71 Å². The maximum Gasteiger partial charge on any atom is 0.240 e. The summed E-state index contributed by atoms with van der Waals surface area (Å²) in [5.41, 5.74) is 6.14. The van der Waals surface area contributed by atoms with Gasteiger partial charge in [0.2, 0.25) is 11.8 Å². The first-order valence-corrected chi connectivity index (χ1v) is 8.90. The third kappa shape index (κ3) is 5.28. The third-order valence-corrected chi connectivity index (χ3v) is 4.35. The molecule has 5 heteroatoms. The van der Waals surface area contributed by atoms with Crippen LogP contribution in [-0.4, -0.2) is 17.5 Å². The number of carbonyl (C=O) groups excluding carboxylic acids is 2. The summed E-state index contributed by atoms with van der Waals surface area (Å²) in [6, 6.07) is 17.4. The van der Waals surface area contributed by atoms with Gasteiger partial charge in [-0.2, -0.15) is 5.10 Å². The van der Waals surface area contributed by atoms with Crippen molar-refractivity contribution < 1.29 is 9.59 Å². The maximum atomic E-state index is 11.9. The first-order valence-electron chi connectivity index (χ1n) is 8.90. The lowest BCUT2D eigenvalue weighted by Gasteiger charge is -2.06.